The van der Waals surface area contributed by atoms with Crippen molar-refractivity contribution in [3.8, 4) is 6.07 Å². The van der Waals surface area contributed by atoms with Crippen LogP contribution >= 0.6 is 0 Å². The maximum Gasteiger partial charge on any atom is 0.312 e. The van der Waals surface area contributed by atoms with Crippen molar-refractivity contribution in [2.45, 2.75) is 64.4 Å². The summed E-state index contributed by atoms with van der Waals surface area (Å²) in [5, 5.41) is 12.7. The van der Waals surface area contributed by atoms with E-state index in [1.54, 1.807) is 4.90 Å². The lowest BCUT2D eigenvalue weighted by Crippen LogP contribution is -2.53. The summed E-state index contributed by atoms with van der Waals surface area (Å²) >= 11 is 0. The van der Waals surface area contributed by atoms with Gasteiger partial charge in [-0.25, -0.2) is 4.98 Å². The number of nitrogens with zero attached hydrogens (tertiary/aromatic N) is 4. The van der Waals surface area contributed by atoms with Gasteiger partial charge in [0.25, 0.3) is 0 Å². The van der Waals surface area contributed by atoms with Crippen LogP contribution in [0.1, 0.15) is 67.8 Å². The first-order valence-electron chi connectivity index (χ1n) is 11.9. The van der Waals surface area contributed by atoms with Crippen molar-refractivity contribution in [2.75, 3.05) is 44.2 Å². The monoisotopic (exact) mass is 439 g/mol. The van der Waals surface area contributed by atoms with Gasteiger partial charge >= 0.3 is 11.8 Å². The molecule has 3 aliphatic rings. The molecule has 2 saturated heterocycles. The summed E-state index contributed by atoms with van der Waals surface area (Å²) in [6.07, 6.45) is 6.10. The highest BCUT2D eigenvalue weighted by molar-refractivity contribution is 6.35. The molecule has 1 atom stereocenters. The van der Waals surface area contributed by atoms with Gasteiger partial charge in [0.05, 0.1) is 11.7 Å². The fraction of sp³-hybridized carbons (Fsp3) is 0.667. The van der Waals surface area contributed by atoms with Crippen LogP contribution in [-0.4, -0.2) is 67.1 Å². The summed E-state index contributed by atoms with van der Waals surface area (Å²) < 4.78 is 5.50. The molecular weight excluding hydrogens is 406 g/mol. The van der Waals surface area contributed by atoms with Crippen molar-refractivity contribution >= 4 is 17.6 Å². The molecule has 0 aromatic carbocycles. The highest BCUT2D eigenvalue weighted by Crippen LogP contribution is 2.35. The zero-order chi connectivity index (χ0) is 22.7. The molecule has 8 heteroatoms. The number of piperazine rings is 1. The third-order valence-electron chi connectivity index (χ3n) is 6.76. The number of nitriles is 1. The molecule has 4 rings (SSSR count). The molecule has 0 bridgehead atoms. The van der Waals surface area contributed by atoms with Crippen molar-refractivity contribution in [1.29, 1.82) is 5.26 Å². The van der Waals surface area contributed by atoms with Gasteiger partial charge in [0, 0.05) is 45.0 Å². The molecular formula is C24H33N5O3. The predicted octanol–water partition coefficient (Wildman–Crippen LogP) is 1.90. The molecule has 3 heterocycles. The lowest BCUT2D eigenvalue weighted by Gasteiger charge is -2.36. The molecule has 0 saturated carbocycles. The van der Waals surface area contributed by atoms with Gasteiger partial charge in [-0.2, -0.15) is 5.26 Å². The van der Waals surface area contributed by atoms with E-state index >= 15 is 0 Å². The smallest absolute Gasteiger partial charge is 0.312 e. The van der Waals surface area contributed by atoms with Gasteiger partial charge in [0.2, 0.25) is 0 Å². The van der Waals surface area contributed by atoms with Crippen LogP contribution in [0.2, 0.25) is 0 Å². The van der Waals surface area contributed by atoms with Crippen LogP contribution in [0.25, 0.3) is 0 Å². The van der Waals surface area contributed by atoms with E-state index in [1.807, 2.05) is 0 Å². The Hall–Kier alpha value is -2.66. The molecule has 2 fully saturated rings. The van der Waals surface area contributed by atoms with Gasteiger partial charge in [-0.15, -0.1) is 0 Å². The van der Waals surface area contributed by atoms with E-state index in [2.05, 4.69) is 30.1 Å². The third kappa shape index (κ3) is 4.58. The number of rotatable bonds is 4. The van der Waals surface area contributed by atoms with E-state index in [9.17, 15) is 14.9 Å². The van der Waals surface area contributed by atoms with Crippen LogP contribution < -0.4 is 10.2 Å². The van der Waals surface area contributed by atoms with Gasteiger partial charge in [-0.1, -0.05) is 13.8 Å². The second kappa shape index (κ2) is 9.86. The van der Waals surface area contributed by atoms with Crippen LogP contribution in [0.3, 0.4) is 0 Å². The zero-order valence-electron chi connectivity index (χ0n) is 19.2. The second-order valence-corrected chi connectivity index (χ2v) is 9.25. The standard InChI is InChI=1S/C24H33N5O3/c1-16(2)21-19-8-4-3-7-18(19)20(14-25)22(27-21)28-9-11-29(12-10-28)24(31)23(30)26-15-17-6-5-13-32-17/h16-17H,3-13,15H2,1-2H3,(H,26,30). The number of nitrogens with one attached hydrogen (secondary N) is 1. The number of pyridine rings is 1. The highest BCUT2D eigenvalue weighted by atomic mass is 16.5. The Kier molecular flexibility index (Phi) is 6.95. The Labute approximate surface area is 189 Å². The highest BCUT2D eigenvalue weighted by Gasteiger charge is 2.30. The summed E-state index contributed by atoms with van der Waals surface area (Å²) in [5.74, 6) is -0.0272. The van der Waals surface area contributed by atoms with Gasteiger partial charge in [0.15, 0.2) is 0 Å². The first-order chi connectivity index (χ1) is 15.5. The molecule has 8 nitrogen and oxygen atoms in total. The number of carbonyl (C=O) groups excluding carboxylic acids is 2. The van der Waals surface area contributed by atoms with Crippen LogP contribution in [0, 0.1) is 11.3 Å². The Morgan fingerprint density at radius 2 is 1.88 bits per heavy atom. The van der Waals surface area contributed by atoms with Gasteiger partial charge in [0.1, 0.15) is 11.9 Å². The summed E-state index contributed by atoms with van der Waals surface area (Å²) in [6.45, 7) is 7.40. The summed E-state index contributed by atoms with van der Waals surface area (Å²) in [6, 6.07) is 2.42. The van der Waals surface area contributed by atoms with Crippen molar-refractivity contribution in [3.63, 3.8) is 0 Å². The number of amides is 2. The van der Waals surface area contributed by atoms with E-state index in [1.165, 1.54) is 11.1 Å². The molecule has 1 unspecified atom stereocenters. The second-order valence-electron chi connectivity index (χ2n) is 9.25. The number of carbonyl (C=O) groups is 2. The summed E-state index contributed by atoms with van der Waals surface area (Å²) in [4.78, 5) is 33.6. The Morgan fingerprint density at radius 3 is 2.50 bits per heavy atom. The third-order valence-corrected chi connectivity index (χ3v) is 6.76. The summed E-state index contributed by atoms with van der Waals surface area (Å²) in [5.41, 5.74) is 4.22. The van der Waals surface area contributed by atoms with Crippen molar-refractivity contribution in [3.05, 3.63) is 22.4 Å². The van der Waals surface area contributed by atoms with Crippen molar-refractivity contribution < 1.29 is 14.3 Å². The maximum absolute atomic E-state index is 12.6. The minimum absolute atomic E-state index is 0.0123. The van der Waals surface area contributed by atoms with E-state index < -0.39 is 11.8 Å². The minimum atomic E-state index is -0.569. The topological polar surface area (TPSA) is 98.6 Å². The molecule has 172 valence electrons. The largest absolute Gasteiger partial charge is 0.376 e. The number of fused-ring (bicyclic) bond motifs is 1. The van der Waals surface area contributed by atoms with Crippen LogP contribution in [0.4, 0.5) is 5.82 Å². The molecule has 0 spiro atoms. The summed E-state index contributed by atoms with van der Waals surface area (Å²) in [7, 11) is 0. The van der Waals surface area contributed by atoms with E-state index in [0.717, 1.165) is 56.6 Å². The number of anilines is 1. The molecule has 32 heavy (non-hydrogen) atoms. The molecule has 0 radical (unpaired) electrons. The van der Waals surface area contributed by atoms with Crippen LogP contribution in [0.5, 0.6) is 0 Å². The van der Waals surface area contributed by atoms with Gasteiger partial charge < -0.3 is 19.9 Å². The average molecular weight is 440 g/mol. The van der Waals surface area contributed by atoms with Crippen molar-refractivity contribution in [1.82, 2.24) is 15.2 Å². The fourth-order valence-corrected chi connectivity index (χ4v) is 5.01. The molecule has 1 aromatic rings. The maximum atomic E-state index is 12.6. The molecule has 1 N–H and O–H groups in total. The quantitative estimate of drug-likeness (QED) is 0.720. The van der Waals surface area contributed by atoms with E-state index in [4.69, 9.17) is 9.72 Å². The fourth-order valence-electron chi connectivity index (χ4n) is 5.01. The molecule has 2 amide bonds. The lowest BCUT2D eigenvalue weighted by molar-refractivity contribution is -0.146. The average Bonchev–Trinajstić information content (AvgIpc) is 3.34. The molecule has 1 aromatic heterocycles. The Morgan fingerprint density at radius 1 is 1.16 bits per heavy atom. The van der Waals surface area contributed by atoms with Crippen molar-refractivity contribution in [2.24, 2.45) is 0 Å². The number of hydrogen-bond acceptors (Lipinski definition) is 6. The zero-order valence-corrected chi connectivity index (χ0v) is 19.2. The number of aromatic nitrogens is 1. The van der Waals surface area contributed by atoms with E-state index in [0.29, 0.717) is 44.2 Å². The first-order valence-corrected chi connectivity index (χ1v) is 11.9. The SMILES string of the molecule is CC(C)c1nc(N2CCN(C(=O)C(=O)NCC3CCCO3)CC2)c(C#N)c2c1CCCC2. The van der Waals surface area contributed by atoms with Gasteiger partial charge in [-0.3, -0.25) is 9.59 Å². The Balaban J connectivity index is 1.43. The minimum Gasteiger partial charge on any atom is -0.376 e. The molecule has 1 aliphatic carbocycles. The first kappa shape index (κ1) is 22.5. The van der Waals surface area contributed by atoms with Crippen LogP contribution in [0.15, 0.2) is 0 Å². The van der Waals surface area contributed by atoms with Crippen LogP contribution in [-0.2, 0) is 27.2 Å². The number of hydrogen-bond donors (Lipinski definition) is 1. The molecule has 2 aliphatic heterocycles. The Bertz CT molecular complexity index is 909. The normalized spacial score (nSPS) is 20.8. The van der Waals surface area contributed by atoms with Gasteiger partial charge in [-0.05, 0) is 55.6 Å². The lowest BCUT2D eigenvalue weighted by atomic mass is 9.85. The number of ether oxygens (including phenoxy) is 1. The predicted molar refractivity (Wildman–Crippen MR) is 120 cm³/mol. The van der Waals surface area contributed by atoms with E-state index in [-0.39, 0.29) is 6.10 Å².